The number of carboxylic acid groups (broad SMARTS) is 1. The smallest absolute Gasteiger partial charge is 0.339 e. The maximum atomic E-state index is 11.6. The Balaban J connectivity index is 1.95. The third-order valence-electron chi connectivity index (χ3n) is 4.21. The lowest BCUT2D eigenvalue weighted by Gasteiger charge is -2.19. The van der Waals surface area contributed by atoms with Gasteiger partial charge in [0.2, 0.25) is 5.88 Å². The van der Waals surface area contributed by atoms with E-state index in [1.54, 1.807) is 54.4 Å². The highest BCUT2D eigenvalue weighted by molar-refractivity contribution is 6.15. The summed E-state index contributed by atoms with van der Waals surface area (Å²) in [5.41, 5.74) is 1.47. The number of carboxylic acids is 1. The highest BCUT2D eigenvalue weighted by Crippen LogP contribution is 2.32. The van der Waals surface area contributed by atoms with Crippen molar-refractivity contribution in [3.05, 3.63) is 78.3 Å². The SMILES string of the molecule is COC=C(C(=O)O)c1ccccc1Oc1cc(N(C)c2ccccc2C#N)ncn1. The summed E-state index contributed by atoms with van der Waals surface area (Å²) in [6.07, 6.45) is 2.48. The summed E-state index contributed by atoms with van der Waals surface area (Å²) >= 11 is 0. The van der Waals surface area contributed by atoms with Crippen molar-refractivity contribution in [3.8, 4) is 17.7 Å². The number of ether oxygens (including phenoxy) is 2. The Morgan fingerprint density at radius 1 is 1.17 bits per heavy atom. The average Bonchev–Trinajstić information content (AvgIpc) is 2.77. The van der Waals surface area contributed by atoms with Crippen molar-refractivity contribution in [2.24, 2.45) is 0 Å². The van der Waals surface area contributed by atoms with Gasteiger partial charge in [0.15, 0.2) is 0 Å². The molecule has 30 heavy (non-hydrogen) atoms. The van der Waals surface area contributed by atoms with E-state index in [2.05, 4.69) is 16.0 Å². The molecule has 2 aromatic carbocycles. The zero-order valence-corrected chi connectivity index (χ0v) is 16.3. The number of nitrogens with zero attached hydrogens (tertiary/aromatic N) is 4. The van der Waals surface area contributed by atoms with Gasteiger partial charge in [-0.1, -0.05) is 30.3 Å². The molecule has 8 heteroatoms. The summed E-state index contributed by atoms with van der Waals surface area (Å²) in [6, 6.07) is 17.6. The van der Waals surface area contributed by atoms with E-state index in [9.17, 15) is 15.2 Å². The molecule has 0 atom stereocenters. The van der Waals surface area contributed by atoms with Gasteiger partial charge in [-0.3, -0.25) is 0 Å². The van der Waals surface area contributed by atoms with Gasteiger partial charge in [-0.05, 0) is 18.2 Å². The van der Waals surface area contributed by atoms with Crippen molar-refractivity contribution in [1.29, 1.82) is 5.26 Å². The molecule has 0 saturated carbocycles. The molecule has 150 valence electrons. The zero-order valence-electron chi connectivity index (χ0n) is 16.3. The minimum atomic E-state index is -1.15. The lowest BCUT2D eigenvalue weighted by atomic mass is 10.1. The molecule has 8 nitrogen and oxygen atoms in total. The number of rotatable bonds is 7. The van der Waals surface area contributed by atoms with Gasteiger partial charge in [0.1, 0.15) is 29.5 Å². The molecule has 0 aliphatic heterocycles. The first-order valence-corrected chi connectivity index (χ1v) is 8.83. The number of carbonyl (C=O) groups is 1. The fourth-order valence-corrected chi connectivity index (χ4v) is 2.79. The monoisotopic (exact) mass is 402 g/mol. The van der Waals surface area contributed by atoms with Crippen molar-refractivity contribution >= 4 is 23.0 Å². The molecule has 3 aromatic rings. The quantitative estimate of drug-likeness (QED) is 0.467. The van der Waals surface area contributed by atoms with E-state index < -0.39 is 5.97 Å². The zero-order chi connectivity index (χ0) is 21.5. The van der Waals surface area contributed by atoms with Crippen LogP contribution in [0.5, 0.6) is 11.6 Å². The molecule has 1 aromatic heterocycles. The molecule has 0 unspecified atom stereocenters. The Labute approximate surface area is 173 Å². The normalized spacial score (nSPS) is 10.8. The van der Waals surface area contributed by atoms with Crippen molar-refractivity contribution in [3.63, 3.8) is 0 Å². The molecule has 0 amide bonds. The minimum absolute atomic E-state index is 0.0533. The van der Waals surface area contributed by atoms with Crippen LogP contribution in [0.2, 0.25) is 0 Å². The van der Waals surface area contributed by atoms with Crippen molar-refractivity contribution in [2.75, 3.05) is 19.1 Å². The Bertz CT molecular complexity index is 1140. The van der Waals surface area contributed by atoms with Crippen LogP contribution in [0.3, 0.4) is 0 Å². The van der Waals surface area contributed by atoms with Gasteiger partial charge >= 0.3 is 5.97 Å². The number of methoxy groups -OCH3 is 1. The predicted octanol–water partition coefficient (Wildman–Crippen LogP) is 3.98. The van der Waals surface area contributed by atoms with Crippen molar-refractivity contribution in [1.82, 2.24) is 9.97 Å². The molecule has 0 radical (unpaired) electrons. The van der Waals surface area contributed by atoms with Crippen LogP contribution in [0.25, 0.3) is 5.57 Å². The highest BCUT2D eigenvalue weighted by atomic mass is 16.5. The first-order chi connectivity index (χ1) is 14.5. The number of hydrogen-bond donors (Lipinski definition) is 1. The molecule has 1 heterocycles. The first-order valence-electron chi connectivity index (χ1n) is 8.83. The number of nitriles is 1. The van der Waals surface area contributed by atoms with E-state index in [4.69, 9.17) is 9.47 Å². The van der Waals surface area contributed by atoms with Gasteiger partial charge in [-0.15, -0.1) is 0 Å². The summed E-state index contributed by atoms with van der Waals surface area (Å²) < 4.78 is 10.8. The highest BCUT2D eigenvalue weighted by Gasteiger charge is 2.17. The van der Waals surface area contributed by atoms with Crippen LogP contribution >= 0.6 is 0 Å². The lowest BCUT2D eigenvalue weighted by molar-refractivity contribution is -0.130. The third kappa shape index (κ3) is 4.36. The van der Waals surface area contributed by atoms with Crippen LogP contribution in [-0.4, -0.2) is 35.2 Å². The third-order valence-corrected chi connectivity index (χ3v) is 4.21. The van der Waals surface area contributed by atoms with E-state index in [1.807, 2.05) is 12.1 Å². The molecule has 0 saturated heterocycles. The minimum Gasteiger partial charge on any atom is -0.503 e. The molecule has 0 aliphatic rings. The Morgan fingerprint density at radius 3 is 2.63 bits per heavy atom. The van der Waals surface area contributed by atoms with Gasteiger partial charge < -0.3 is 19.5 Å². The fraction of sp³-hybridized carbons (Fsp3) is 0.0909. The number of benzene rings is 2. The summed E-state index contributed by atoms with van der Waals surface area (Å²) in [5.74, 6) is -0.126. The van der Waals surface area contributed by atoms with E-state index in [0.717, 1.165) is 6.26 Å². The second-order valence-corrected chi connectivity index (χ2v) is 6.07. The van der Waals surface area contributed by atoms with Crippen LogP contribution in [0, 0.1) is 11.3 Å². The fourth-order valence-electron chi connectivity index (χ4n) is 2.79. The first kappa shape index (κ1) is 20.4. The second kappa shape index (κ2) is 9.21. The van der Waals surface area contributed by atoms with Gasteiger partial charge in [0.05, 0.1) is 24.6 Å². The second-order valence-electron chi connectivity index (χ2n) is 6.07. The van der Waals surface area contributed by atoms with Gasteiger partial charge in [-0.2, -0.15) is 5.26 Å². The van der Waals surface area contributed by atoms with E-state index in [0.29, 0.717) is 28.4 Å². The van der Waals surface area contributed by atoms with E-state index >= 15 is 0 Å². The number of anilines is 2. The van der Waals surface area contributed by atoms with Crippen LogP contribution in [0.4, 0.5) is 11.5 Å². The van der Waals surface area contributed by atoms with E-state index in [1.165, 1.54) is 13.4 Å². The van der Waals surface area contributed by atoms with Crippen LogP contribution in [0.1, 0.15) is 11.1 Å². The Morgan fingerprint density at radius 2 is 1.90 bits per heavy atom. The molecule has 0 fully saturated rings. The maximum absolute atomic E-state index is 11.6. The predicted molar refractivity (Wildman–Crippen MR) is 110 cm³/mol. The van der Waals surface area contributed by atoms with Gasteiger partial charge in [0.25, 0.3) is 0 Å². The van der Waals surface area contributed by atoms with E-state index in [-0.39, 0.29) is 11.5 Å². The largest absolute Gasteiger partial charge is 0.503 e. The summed E-state index contributed by atoms with van der Waals surface area (Å²) in [4.78, 5) is 21.7. The molecule has 3 rings (SSSR count). The Kier molecular flexibility index (Phi) is 6.25. The number of para-hydroxylation sites is 2. The molecule has 0 aliphatic carbocycles. The molecular formula is C22H18N4O4. The van der Waals surface area contributed by atoms with Crippen molar-refractivity contribution < 1.29 is 19.4 Å². The number of hydrogen-bond acceptors (Lipinski definition) is 7. The topological polar surface area (TPSA) is 109 Å². The summed E-state index contributed by atoms with van der Waals surface area (Å²) in [5, 5.41) is 18.8. The van der Waals surface area contributed by atoms with Crippen LogP contribution < -0.4 is 9.64 Å². The maximum Gasteiger partial charge on any atom is 0.339 e. The summed E-state index contributed by atoms with van der Waals surface area (Å²) in [7, 11) is 3.15. The molecule has 0 bridgehead atoms. The average molecular weight is 402 g/mol. The van der Waals surface area contributed by atoms with Gasteiger partial charge in [-0.25, -0.2) is 14.8 Å². The van der Waals surface area contributed by atoms with Crippen LogP contribution in [0.15, 0.2) is 67.2 Å². The number of aromatic nitrogens is 2. The standard InChI is InChI=1S/C22H18N4O4/c1-26(18-9-5-3-7-15(18)12-23)20-11-21(25-14-24-20)30-19-10-6-4-8-16(19)17(13-29-2)22(27)28/h3-11,13-14H,1-2H3,(H,27,28). The van der Waals surface area contributed by atoms with Crippen molar-refractivity contribution in [2.45, 2.75) is 0 Å². The number of aliphatic carboxylic acids is 1. The van der Waals surface area contributed by atoms with Crippen LogP contribution in [-0.2, 0) is 9.53 Å². The van der Waals surface area contributed by atoms with Gasteiger partial charge in [0, 0.05) is 18.7 Å². The lowest BCUT2D eigenvalue weighted by Crippen LogP contribution is -2.13. The molecular weight excluding hydrogens is 384 g/mol. The Hall–Kier alpha value is -4.38. The summed E-state index contributed by atoms with van der Waals surface area (Å²) in [6.45, 7) is 0. The molecule has 1 N–H and O–H groups in total. The molecule has 0 spiro atoms.